The largest absolute Gasteiger partial charge is 0.506 e. The molecule has 0 aromatic heterocycles. The number of carboxylic acid groups (broad SMARTS) is 1. The van der Waals surface area contributed by atoms with Gasteiger partial charge in [0.1, 0.15) is 6.10 Å². The lowest BCUT2D eigenvalue weighted by atomic mass is 10.4. The molecule has 0 fully saturated rings. The molecule has 0 amide bonds. The minimum Gasteiger partial charge on any atom is -0.450 e. The summed E-state index contributed by atoms with van der Waals surface area (Å²) >= 11 is 0. The fraction of sp³-hybridized carbons (Fsp3) is 0.900. The third-order valence-corrected chi connectivity index (χ3v) is 5.19. The average Bonchev–Trinajstić information content (AvgIpc) is 2.33. The number of hydrogen-bond donors (Lipinski definition) is 1. The zero-order chi connectivity index (χ0) is 14.0. The summed E-state index contributed by atoms with van der Waals surface area (Å²) in [5, 5.41) is 8.37. The van der Waals surface area contributed by atoms with Crippen molar-refractivity contribution in [3.05, 3.63) is 0 Å². The lowest BCUT2D eigenvalue weighted by Crippen LogP contribution is -2.42. The Balaban J connectivity index is 3.69. The van der Waals surface area contributed by atoms with Crippen LogP contribution in [0.1, 0.15) is 13.3 Å². The van der Waals surface area contributed by atoms with Gasteiger partial charge < -0.3 is 27.9 Å². The van der Waals surface area contributed by atoms with Gasteiger partial charge in [0.15, 0.2) is 0 Å². The van der Waals surface area contributed by atoms with Crippen molar-refractivity contribution in [1.29, 1.82) is 0 Å². The van der Waals surface area contributed by atoms with Gasteiger partial charge in [0.2, 0.25) is 0 Å². The van der Waals surface area contributed by atoms with E-state index in [4.69, 9.17) is 23.1 Å². The molecule has 0 aromatic carbocycles. The van der Waals surface area contributed by atoms with Crippen LogP contribution in [-0.4, -0.2) is 60.7 Å². The maximum atomic E-state index is 10.2. The summed E-state index contributed by atoms with van der Waals surface area (Å²) in [6.07, 6.45) is -1.06. The van der Waals surface area contributed by atoms with Crippen LogP contribution in [0.4, 0.5) is 4.79 Å². The Morgan fingerprint density at radius 2 is 1.78 bits per heavy atom. The maximum Gasteiger partial charge on any atom is 0.506 e. The second-order valence-corrected chi connectivity index (χ2v) is 6.76. The van der Waals surface area contributed by atoms with E-state index >= 15 is 0 Å². The Labute approximate surface area is 108 Å². The molecule has 0 heterocycles. The summed E-state index contributed by atoms with van der Waals surface area (Å²) in [5.41, 5.74) is 0. The Morgan fingerprint density at radius 1 is 1.22 bits per heavy atom. The van der Waals surface area contributed by atoms with Gasteiger partial charge in [-0.3, -0.25) is 0 Å². The highest BCUT2D eigenvalue weighted by Crippen LogP contribution is 2.14. The molecular formula is C10H22O7Si. The first kappa shape index (κ1) is 17.3. The van der Waals surface area contributed by atoms with E-state index in [-0.39, 0.29) is 6.61 Å². The Bertz CT molecular complexity index is 224. The highest BCUT2D eigenvalue weighted by atomic mass is 28.4. The second-order valence-electron chi connectivity index (χ2n) is 3.67. The summed E-state index contributed by atoms with van der Waals surface area (Å²) in [6.45, 7) is 2.33. The van der Waals surface area contributed by atoms with Crippen LogP contribution >= 0.6 is 0 Å². The van der Waals surface area contributed by atoms with E-state index in [2.05, 4.69) is 4.74 Å². The molecule has 8 heteroatoms. The van der Waals surface area contributed by atoms with Crippen LogP contribution in [0.5, 0.6) is 0 Å². The molecule has 0 spiro atoms. The fourth-order valence-electron chi connectivity index (χ4n) is 1.40. The van der Waals surface area contributed by atoms with Crippen molar-refractivity contribution in [3.8, 4) is 0 Å². The van der Waals surface area contributed by atoms with E-state index in [0.717, 1.165) is 0 Å². The molecule has 0 aliphatic heterocycles. The highest BCUT2D eigenvalue weighted by Gasteiger charge is 2.36. The second kappa shape index (κ2) is 9.28. The molecule has 0 aromatic rings. The predicted molar refractivity (Wildman–Crippen MR) is 65.6 cm³/mol. The van der Waals surface area contributed by atoms with Crippen molar-refractivity contribution >= 4 is 15.0 Å². The first-order chi connectivity index (χ1) is 8.49. The summed E-state index contributed by atoms with van der Waals surface area (Å²) in [7, 11) is 2.15. The predicted octanol–water partition coefficient (Wildman–Crippen LogP) is 1.35. The molecule has 108 valence electrons. The summed E-state index contributed by atoms with van der Waals surface area (Å²) < 4.78 is 25.5. The van der Waals surface area contributed by atoms with E-state index in [9.17, 15) is 4.79 Å². The van der Waals surface area contributed by atoms with Crippen LogP contribution in [0.15, 0.2) is 0 Å². The van der Waals surface area contributed by atoms with Gasteiger partial charge in [-0.05, 0) is 13.3 Å². The van der Waals surface area contributed by atoms with E-state index in [1.165, 1.54) is 0 Å². The molecule has 0 aliphatic carbocycles. The van der Waals surface area contributed by atoms with Gasteiger partial charge >= 0.3 is 15.0 Å². The van der Waals surface area contributed by atoms with Crippen LogP contribution in [0.25, 0.3) is 0 Å². The maximum absolute atomic E-state index is 10.2. The van der Waals surface area contributed by atoms with Crippen LogP contribution in [0.3, 0.4) is 0 Å². The zero-order valence-corrected chi connectivity index (χ0v) is 12.3. The van der Waals surface area contributed by atoms with Crippen LogP contribution in [0, 0.1) is 0 Å². The smallest absolute Gasteiger partial charge is 0.450 e. The normalized spacial score (nSPS) is 13.3. The molecule has 1 unspecified atom stereocenters. The van der Waals surface area contributed by atoms with Crippen molar-refractivity contribution < 1.29 is 32.7 Å². The number of carbonyl (C=O) groups is 1. The molecule has 1 N–H and O–H groups in total. The topological polar surface area (TPSA) is 83.5 Å². The number of hydrogen-bond acceptors (Lipinski definition) is 6. The van der Waals surface area contributed by atoms with Crippen LogP contribution in [-0.2, 0) is 22.8 Å². The zero-order valence-electron chi connectivity index (χ0n) is 11.3. The molecule has 1 atom stereocenters. The molecule has 18 heavy (non-hydrogen) atoms. The number of ether oxygens (including phenoxy) is 2. The summed E-state index contributed by atoms with van der Waals surface area (Å²) in [4.78, 5) is 10.2. The summed E-state index contributed by atoms with van der Waals surface area (Å²) in [5.74, 6) is 0. The lowest BCUT2D eigenvalue weighted by Gasteiger charge is -2.24. The standard InChI is InChI=1S/C10H22O7Si/c1-9(17-10(11)12)8-16-6-5-7-18(13-2,14-3)15-4/h9H,5-8H2,1-4H3,(H,11,12). The molecule has 0 radical (unpaired) electrons. The minimum atomic E-state index is -2.53. The van der Waals surface area contributed by atoms with Gasteiger partial charge in [-0.25, -0.2) is 4.79 Å². The molecule has 0 saturated carbocycles. The Hall–Kier alpha value is -0.673. The number of rotatable bonds is 10. The van der Waals surface area contributed by atoms with Gasteiger partial charge in [0.05, 0.1) is 6.61 Å². The monoisotopic (exact) mass is 282 g/mol. The first-order valence-corrected chi connectivity index (χ1v) is 7.55. The van der Waals surface area contributed by atoms with Gasteiger partial charge in [0, 0.05) is 34.0 Å². The van der Waals surface area contributed by atoms with Crippen molar-refractivity contribution in [2.24, 2.45) is 0 Å². The molecule has 0 rings (SSSR count). The fourth-order valence-corrected chi connectivity index (χ4v) is 3.09. The van der Waals surface area contributed by atoms with E-state index < -0.39 is 21.1 Å². The third-order valence-electron chi connectivity index (χ3n) is 2.36. The van der Waals surface area contributed by atoms with Crippen molar-refractivity contribution in [2.75, 3.05) is 34.5 Å². The van der Waals surface area contributed by atoms with Crippen molar-refractivity contribution in [3.63, 3.8) is 0 Å². The van der Waals surface area contributed by atoms with E-state index in [1.54, 1.807) is 28.3 Å². The first-order valence-electron chi connectivity index (χ1n) is 5.62. The molecule has 0 saturated heterocycles. The SMILES string of the molecule is CO[Si](CCCOCC(C)OC(=O)O)(OC)OC. The molecular weight excluding hydrogens is 260 g/mol. The van der Waals surface area contributed by atoms with Crippen LogP contribution in [0.2, 0.25) is 6.04 Å². The van der Waals surface area contributed by atoms with Crippen molar-refractivity contribution in [1.82, 2.24) is 0 Å². The quantitative estimate of drug-likeness (QED) is 0.368. The minimum absolute atomic E-state index is 0.230. The van der Waals surface area contributed by atoms with E-state index in [0.29, 0.717) is 19.1 Å². The van der Waals surface area contributed by atoms with Crippen LogP contribution < -0.4 is 0 Å². The Morgan fingerprint density at radius 3 is 2.22 bits per heavy atom. The van der Waals surface area contributed by atoms with Gasteiger partial charge in [0.25, 0.3) is 0 Å². The lowest BCUT2D eigenvalue weighted by molar-refractivity contribution is 0.00577. The average molecular weight is 282 g/mol. The van der Waals surface area contributed by atoms with Crippen molar-refractivity contribution in [2.45, 2.75) is 25.5 Å². The summed E-state index contributed by atoms with van der Waals surface area (Å²) in [6, 6.07) is 0.644. The van der Waals surface area contributed by atoms with Gasteiger partial charge in [-0.2, -0.15) is 0 Å². The molecule has 0 aliphatic rings. The Kier molecular flexibility index (Phi) is 8.94. The third kappa shape index (κ3) is 6.92. The molecule has 0 bridgehead atoms. The van der Waals surface area contributed by atoms with Gasteiger partial charge in [-0.15, -0.1) is 0 Å². The highest BCUT2D eigenvalue weighted by molar-refractivity contribution is 6.60. The van der Waals surface area contributed by atoms with E-state index in [1.807, 2.05) is 0 Å². The van der Waals surface area contributed by atoms with Gasteiger partial charge in [-0.1, -0.05) is 0 Å². The molecule has 7 nitrogen and oxygen atoms in total.